The van der Waals surface area contributed by atoms with Gasteiger partial charge >= 0.3 is 0 Å². The molecule has 1 amide bonds. The number of hydrogen-bond donors (Lipinski definition) is 2. The van der Waals surface area contributed by atoms with Gasteiger partial charge in [-0.25, -0.2) is 4.98 Å². The van der Waals surface area contributed by atoms with Gasteiger partial charge in [0, 0.05) is 23.2 Å². The monoisotopic (exact) mass is 260 g/mol. The van der Waals surface area contributed by atoms with Crippen molar-refractivity contribution in [1.29, 1.82) is 0 Å². The zero-order valence-corrected chi connectivity index (χ0v) is 11.9. The molecular formula is C14H20N4O. The summed E-state index contributed by atoms with van der Waals surface area (Å²) in [4.78, 5) is 15.8. The van der Waals surface area contributed by atoms with Crippen LogP contribution in [-0.4, -0.2) is 26.5 Å². The maximum Gasteiger partial charge on any atom is 0.272 e. The van der Waals surface area contributed by atoms with Crippen LogP contribution in [0.1, 0.15) is 50.3 Å². The molecule has 3 heterocycles. The molecule has 0 unspecified atom stereocenters. The van der Waals surface area contributed by atoms with E-state index in [1.807, 2.05) is 0 Å². The number of rotatable bonds is 1. The first kappa shape index (κ1) is 12.4. The van der Waals surface area contributed by atoms with Crippen LogP contribution in [-0.2, 0) is 6.54 Å². The van der Waals surface area contributed by atoms with Gasteiger partial charge in [0.2, 0.25) is 0 Å². The summed E-state index contributed by atoms with van der Waals surface area (Å²) >= 11 is 0. The number of carbonyl (C=O) groups is 1. The molecule has 19 heavy (non-hydrogen) atoms. The van der Waals surface area contributed by atoms with E-state index in [2.05, 4.69) is 54.0 Å². The molecule has 0 bridgehead atoms. The highest BCUT2D eigenvalue weighted by Gasteiger charge is 2.34. The number of imidazole rings is 1. The lowest BCUT2D eigenvalue weighted by molar-refractivity contribution is 0.0961. The van der Waals surface area contributed by atoms with Gasteiger partial charge in [-0.15, -0.1) is 0 Å². The number of carbonyl (C=O) groups excluding carboxylic acids is 1. The fourth-order valence-corrected chi connectivity index (χ4v) is 3.26. The Bertz CT molecular complexity index is 580. The maximum absolute atomic E-state index is 11.6. The van der Waals surface area contributed by atoms with Crippen molar-refractivity contribution in [2.24, 2.45) is 0 Å². The van der Waals surface area contributed by atoms with Gasteiger partial charge in [-0.05, 0) is 33.8 Å². The van der Waals surface area contributed by atoms with E-state index in [1.54, 1.807) is 6.33 Å². The Hall–Kier alpha value is -1.62. The molecule has 2 aliphatic rings. The molecule has 5 nitrogen and oxygen atoms in total. The topological polar surface area (TPSA) is 59.0 Å². The normalized spacial score (nSPS) is 23.8. The molecular weight excluding hydrogens is 240 g/mol. The van der Waals surface area contributed by atoms with E-state index in [-0.39, 0.29) is 17.0 Å². The summed E-state index contributed by atoms with van der Waals surface area (Å²) < 4.78 is 2.07. The van der Waals surface area contributed by atoms with Crippen molar-refractivity contribution in [2.75, 3.05) is 0 Å². The van der Waals surface area contributed by atoms with Crippen molar-refractivity contribution in [3.63, 3.8) is 0 Å². The van der Waals surface area contributed by atoms with Crippen LogP contribution in [0.25, 0.3) is 5.70 Å². The fourth-order valence-electron chi connectivity index (χ4n) is 3.26. The molecule has 3 rings (SSSR count). The highest BCUT2D eigenvalue weighted by atomic mass is 16.2. The van der Waals surface area contributed by atoms with Crippen LogP contribution in [0.2, 0.25) is 0 Å². The maximum atomic E-state index is 11.6. The molecule has 102 valence electrons. The van der Waals surface area contributed by atoms with Gasteiger partial charge in [0.15, 0.2) is 5.69 Å². The Morgan fingerprint density at radius 2 is 2.05 bits per heavy atom. The number of fused-ring (bicyclic) bond motifs is 1. The van der Waals surface area contributed by atoms with Crippen LogP contribution in [0, 0.1) is 0 Å². The molecule has 5 heteroatoms. The smallest absolute Gasteiger partial charge is 0.272 e. The van der Waals surface area contributed by atoms with Crippen LogP contribution >= 0.6 is 0 Å². The SMILES string of the molecule is CC1(C)C=C(n2cnc3c2CNC3=O)CC(C)(C)N1. The minimum atomic E-state index is -0.0678. The Labute approximate surface area is 113 Å². The van der Waals surface area contributed by atoms with Crippen LogP contribution in [0.5, 0.6) is 0 Å². The van der Waals surface area contributed by atoms with Gasteiger partial charge in [0.05, 0.1) is 12.2 Å². The Balaban J connectivity index is 2.05. The van der Waals surface area contributed by atoms with Gasteiger partial charge in [-0.3, -0.25) is 4.79 Å². The molecule has 0 saturated carbocycles. The number of aromatic nitrogens is 2. The molecule has 0 aromatic carbocycles. The van der Waals surface area contributed by atoms with Crippen LogP contribution in [0.15, 0.2) is 12.4 Å². The van der Waals surface area contributed by atoms with E-state index < -0.39 is 0 Å². The number of hydrogen-bond acceptors (Lipinski definition) is 3. The Morgan fingerprint density at radius 3 is 2.74 bits per heavy atom. The lowest BCUT2D eigenvalue weighted by atomic mass is 9.86. The largest absolute Gasteiger partial charge is 0.345 e. The van der Waals surface area contributed by atoms with Crippen molar-refractivity contribution in [3.8, 4) is 0 Å². The minimum absolute atomic E-state index is 0.0286. The number of nitrogens with zero attached hydrogens (tertiary/aromatic N) is 2. The van der Waals surface area contributed by atoms with Gasteiger partial charge in [-0.1, -0.05) is 0 Å². The predicted octanol–water partition coefficient (Wildman–Crippen LogP) is 1.52. The van der Waals surface area contributed by atoms with E-state index in [1.165, 1.54) is 5.70 Å². The fraction of sp³-hybridized carbons (Fsp3) is 0.571. The average molecular weight is 260 g/mol. The summed E-state index contributed by atoms with van der Waals surface area (Å²) in [6.07, 6.45) is 4.91. The predicted molar refractivity (Wildman–Crippen MR) is 73.6 cm³/mol. The van der Waals surface area contributed by atoms with Gasteiger partial charge in [0.1, 0.15) is 6.33 Å². The minimum Gasteiger partial charge on any atom is -0.345 e. The van der Waals surface area contributed by atoms with Crippen LogP contribution < -0.4 is 10.6 Å². The lowest BCUT2D eigenvalue weighted by Gasteiger charge is -2.41. The van der Waals surface area contributed by atoms with Crippen molar-refractivity contribution in [3.05, 3.63) is 23.8 Å². The van der Waals surface area contributed by atoms with E-state index in [9.17, 15) is 4.79 Å². The number of nitrogens with one attached hydrogen (secondary N) is 2. The first-order valence-electron chi connectivity index (χ1n) is 6.63. The third kappa shape index (κ3) is 2.08. The van der Waals surface area contributed by atoms with Crippen LogP contribution in [0.4, 0.5) is 0 Å². The summed E-state index contributed by atoms with van der Waals surface area (Å²) in [5, 5.41) is 6.43. The summed E-state index contributed by atoms with van der Waals surface area (Å²) in [5.41, 5.74) is 2.71. The molecule has 2 N–H and O–H groups in total. The van der Waals surface area contributed by atoms with Crippen molar-refractivity contribution in [1.82, 2.24) is 20.2 Å². The second-order valence-electron chi connectivity index (χ2n) is 6.64. The standard InChI is InChI=1S/C14H20N4O/c1-13(2)5-9(6-14(3,4)17-13)18-8-16-11-10(18)7-15-12(11)19/h5,8,17H,6-7H2,1-4H3,(H,15,19). The second-order valence-corrected chi connectivity index (χ2v) is 6.64. The van der Waals surface area contributed by atoms with E-state index in [4.69, 9.17) is 0 Å². The van der Waals surface area contributed by atoms with E-state index >= 15 is 0 Å². The van der Waals surface area contributed by atoms with Gasteiger partial charge < -0.3 is 15.2 Å². The molecule has 0 fully saturated rings. The summed E-state index contributed by atoms with van der Waals surface area (Å²) in [7, 11) is 0. The zero-order valence-electron chi connectivity index (χ0n) is 11.9. The average Bonchev–Trinajstić information content (AvgIpc) is 2.77. The summed E-state index contributed by atoms with van der Waals surface area (Å²) in [6.45, 7) is 9.29. The molecule has 1 aromatic heterocycles. The molecule has 0 atom stereocenters. The molecule has 2 aliphatic heterocycles. The Kier molecular flexibility index (Phi) is 2.41. The quantitative estimate of drug-likeness (QED) is 0.805. The Morgan fingerprint density at radius 1 is 1.32 bits per heavy atom. The summed E-state index contributed by atoms with van der Waals surface area (Å²) in [6, 6.07) is 0. The second kappa shape index (κ2) is 3.70. The lowest BCUT2D eigenvalue weighted by Crippen LogP contribution is -2.54. The highest BCUT2D eigenvalue weighted by Crippen LogP contribution is 2.32. The van der Waals surface area contributed by atoms with E-state index in [0.29, 0.717) is 12.2 Å². The molecule has 0 spiro atoms. The molecule has 0 radical (unpaired) electrons. The zero-order chi connectivity index (χ0) is 13.8. The molecule has 0 saturated heterocycles. The summed E-state index contributed by atoms with van der Waals surface area (Å²) in [5.74, 6) is -0.0678. The third-order valence-electron chi connectivity index (χ3n) is 3.62. The van der Waals surface area contributed by atoms with Gasteiger partial charge in [-0.2, -0.15) is 0 Å². The van der Waals surface area contributed by atoms with Crippen molar-refractivity contribution < 1.29 is 4.79 Å². The van der Waals surface area contributed by atoms with E-state index in [0.717, 1.165) is 12.1 Å². The van der Waals surface area contributed by atoms with Crippen molar-refractivity contribution in [2.45, 2.75) is 51.7 Å². The van der Waals surface area contributed by atoms with Gasteiger partial charge in [0.25, 0.3) is 5.91 Å². The van der Waals surface area contributed by atoms with Crippen LogP contribution in [0.3, 0.4) is 0 Å². The van der Waals surface area contributed by atoms with Crippen molar-refractivity contribution >= 4 is 11.6 Å². The molecule has 0 aliphatic carbocycles. The first-order valence-corrected chi connectivity index (χ1v) is 6.63. The molecule has 1 aromatic rings. The number of amides is 1. The highest BCUT2D eigenvalue weighted by molar-refractivity contribution is 5.96. The first-order chi connectivity index (χ1) is 8.77. The third-order valence-corrected chi connectivity index (χ3v) is 3.62.